The van der Waals surface area contributed by atoms with Gasteiger partial charge in [0.1, 0.15) is 17.8 Å². The molecule has 2 saturated heterocycles. The fraction of sp³-hybridized carbons (Fsp3) is 0.440. The lowest BCUT2D eigenvalue weighted by Crippen LogP contribution is -2.58. The minimum atomic E-state index is -0.923. The first-order valence-electron chi connectivity index (χ1n) is 23.0. The van der Waals surface area contributed by atoms with Gasteiger partial charge in [0.05, 0.1) is 45.7 Å². The van der Waals surface area contributed by atoms with Gasteiger partial charge in [-0.15, -0.1) is 21.5 Å². The van der Waals surface area contributed by atoms with Crippen molar-refractivity contribution in [2.24, 2.45) is 5.41 Å². The molecule has 5 aromatic rings. The largest absolute Gasteiger partial charge is 0.507 e. The maximum Gasteiger partial charge on any atom is 0.246 e. The van der Waals surface area contributed by atoms with Crippen molar-refractivity contribution in [3.8, 4) is 39.3 Å². The number of nitrogens with one attached hydrogen (secondary N) is 2. The number of aryl methyl sites for hydroxylation is 1. The van der Waals surface area contributed by atoms with E-state index in [9.17, 15) is 24.6 Å². The lowest BCUT2D eigenvalue weighted by molar-refractivity contribution is -0.144. The topological polar surface area (TPSA) is 219 Å². The molecular weight excluding hydrogens is 881 g/mol. The molecule has 0 radical (unpaired) electrons. The number of likely N-dealkylation sites (tertiary alicyclic amines) is 1. The standard InChI is InChI=1S/C50H62N12O5S/c1-8-36-28-60(40-23-39(57-58-46(40)51)38-13-9-10-14-42(38)64)27-31(2)62(36)49-53-25-34(26-54-49)12-11-20-59(7)21-19-43(65)56-45(50(4,5)6)48(67)61-29-37(63)22-41(61)47(66)52-24-33-15-17-35(18-16-33)44-32(3)55-30-68-44/h9-10,13-18,23,25-26,30-31,36-37,41,45,63-64H,8,19-22,24,27-29H2,1-7H3,(H2,51,58)(H,52,66)(H,56,65)/t31?,36?,37-,41+,45-/m1/s1. The van der Waals surface area contributed by atoms with E-state index < -0.39 is 29.5 Å². The Balaban J connectivity index is 0.891. The third-order valence-corrected chi connectivity index (χ3v) is 13.4. The number of nitrogen functional groups attached to an aromatic ring is 1. The molecule has 0 bridgehead atoms. The lowest BCUT2D eigenvalue weighted by Gasteiger charge is -2.46. The van der Waals surface area contributed by atoms with E-state index in [-0.39, 0.29) is 55.6 Å². The first-order valence-corrected chi connectivity index (χ1v) is 23.9. The molecule has 68 heavy (non-hydrogen) atoms. The highest BCUT2D eigenvalue weighted by atomic mass is 32.1. The molecule has 358 valence electrons. The van der Waals surface area contributed by atoms with E-state index in [2.05, 4.69) is 61.3 Å². The number of aromatic hydroxyl groups is 1. The van der Waals surface area contributed by atoms with E-state index in [4.69, 9.17) is 15.7 Å². The first kappa shape index (κ1) is 49.2. The Kier molecular flexibility index (Phi) is 15.6. The number of piperazine rings is 1. The third kappa shape index (κ3) is 11.7. The van der Waals surface area contributed by atoms with Crippen molar-refractivity contribution in [3.05, 3.63) is 89.3 Å². The highest BCUT2D eigenvalue weighted by molar-refractivity contribution is 7.13. The summed E-state index contributed by atoms with van der Waals surface area (Å²) in [7, 11) is 1.87. The Morgan fingerprint density at radius 3 is 2.44 bits per heavy atom. The van der Waals surface area contributed by atoms with Gasteiger partial charge < -0.3 is 41.3 Å². The van der Waals surface area contributed by atoms with Crippen LogP contribution in [0.25, 0.3) is 21.7 Å². The number of amides is 3. The molecule has 2 fully saturated rings. The van der Waals surface area contributed by atoms with Crippen molar-refractivity contribution in [1.29, 1.82) is 0 Å². The Bertz CT molecular complexity index is 2630. The molecule has 2 unspecified atom stereocenters. The molecule has 0 aliphatic carbocycles. The maximum atomic E-state index is 14.1. The predicted molar refractivity (Wildman–Crippen MR) is 264 cm³/mol. The fourth-order valence-corrected chi connectivity index (χ4v) is 9.53. The molecule has 5 heterocycles. The molecule has 2 aliphatic heterocycles. The number of phenolic OH excluding ortho intramolecular Hbond substituents is 1. The van der Waals surface area contributed by atoms with Crippen molar-refractivity contribution in [3.63, 3.8) is 0 Å². The van der Waals surface area contributed by atoms with Crippen molar-refractivity contribution in [1.82, 2.24) is 45.6 Å². The van der Waals surface area contributed by atoms with Gasteiger partial charge in [-0.3, -0.25) is 19.3 Å². The molecule has 18 heteroatoms. The number of nitrogens with zero attached hydrogens (tertiary/aromatic N) is 9. The highest BCUT2D eigenvalue weighted by Gasteiger charge is 2.44. The number of carbonyl (C=O) groups excluding carboxylic acids is 3. The highest BCUT2D eigenvalue weighted by Crippen LogP contribution is 2.34. The number of nitrogens with two attached hydrogens (primary N) is 1. The Morgan fingerprint density at radius 2 is 1.76 bits per heavy atom. The number of hydrogen-bond acceptors (Lipinski definition) is 15. The second-order valence-electron chi connectivity index (χ2n) is 18.7. The Morgan fingerprint density at radius 1 is 1.03 bits per heavy atom. The van der Waals surface area contributed by atoms with Crippen LogP contribution in [0.1, 0.15) is 70.7 Å². The Labute approximate surface area is 402 Å². The maximum absolute atomic E-state index is 14.1. The van der Waals surface area contributed by atoms with Crippen LogP contribution in [-0.2, 0) is 20.9 Å². The summed E-state index contributed by atoms with van der Waals surface area (Å²) in [6.45, 7) is 14.2. The zero-order valence-electron chi connectivity index (χ0n) is 39.8. The van der Waals surface area contributed by atoms with Gasteiger partial charge >= 0.3 is 0 Å². The van der Waals surface area contributed by atoms with Crippen LogP contribution in [0, 0.1) is 24.2 Å². The van der Waals surface area contributed by atoms with Gasteiger partial charge in [-0.05, 0) is 62.1 Å². The summed E-state index contributed by atoms with van der Waals surface area (Å²) in [5, 5.41) is 35.4. The van der Waals surface area contributed by atoms with Gasteiger partial charge in [-0.2, -0.15) is 0 Å². The van der Waals surface area contributed by atoms with Gasteiger partial charge in [-0.1, -0.05) is 75.9 Å². The summed E-state index contributed by atoms with van der Waals surface area (Å²) in [6.07, 6.45) is 3.64. The summed E-state index contributed by atoms with van der Waals surface area (Å²) in [4.78, 5) is 63.6. The van der Waals surface area contributed by atoms with Gasteiger partial charge in [0.2, 0.25) is 23.7 Å². The van der Waals surface area contributed by atoms with Gasteiger partial charge in [0.25, 0.3) is 0 Å². The number of rotatable bonds is 14. The van der Waals surface area contributed by atoms with Crippen molar-refractivity contribution >= 4 is 46.5 Å². The Hall–Kier alpha value is -6.68. The lowest BCUT2D eigenvalue weighted by atomic mass is 9.85. The quantitative estimate of drug-likeness (QED) is 0.0960. The number of carbonyl (C=O) groups is 3. The number of para-hydroxylation sites is 1. The number of phenols is 1. The van der Waals surface area contributed by atoms with E-state index in [1.807, 2.05) is 81.6 Å². The van der Waals surface area contributed by atoms with E-state index in [0.717, 1.165) is 33.8 Å². The van der Waals surface area contributed by atoms with Crippen LogP contribution in [-0.4, -0.2) is 133 Å². The third-order valence-electron chi connectivity index (χ3n) is 12.5. The summed E-state index contributed by atoms with van der Waals surface area (Å²) < 4.78 is 0. The molecule has 6 N–H and O–H groups in total. The van der Waals surface area contributed by atoms with Crippen molar-refractivity contribution in [2.75, 3.05) is 55.3 Å². The molecule has 7 rings (SSSR count). The SMILES string of the molecule is CCC1CN(c2cc(-c3ccccc3O)nnc2N)CC(C)N1c1ncc(C#CCN(C)CCC(=O)N[C@H](C(=O)N2C[C@H](O)C[C@H]2C(=O)NCc2ccc(-c3scnc3C)cc2)C(C)(C)C)cn1. The molecule has 2 aromatic carbocycles. The van der Waals surface area contributed by atoms with Crippen molar-refractivity contribution in [2.45, 2.75) is 97.6 Å². The number of β-amino-alcohol motifs (C(OH)–C–C–N with tert-alkyl or cyclic N) is 1. The fourth-order valence-electron chi connectivity index (χ4n) is 8.71. The van der Waals surface area contributed by atoms with E-state index >= 15 is 0 Å². The van der Waals surface area contributed by atoms with E-state index in [1.165, 1.54) is 4.90 Å². The summed E-state index contributed by atoms with van der Waals surface area (Å²) in [5.74, 6) is 6.27. The molecule has 0 spiro atoms. The predicted octanol–water partition coefficient (Wildman–Crippen LogP) is 4.63. The van der Waals surface area contributed by atoms with Crippen LogP contribution in [0.5, 0.6) is 5.75 Å². The first-order chi connectivity index (χ1) is 32.5. The number of aliphatic hydroxyl groups is 1. The average molecular weight is 943 g/mol. The summed E-state index contributed by atoms with van der Waals surface area (Å²) >= 11 is 1.58. The zero-order valence-corrected chi connectivity index (χ0v) is 40.6. The summed E-state index contributed by atoms with van der Waals surface area (Å²) in [5.41, 5.74) is 13.0. The molecular formula is C50H62N12O5S. The monoisotopic (exact) mass is 942 g/mol. The average Bonchev–Trinajstić information content (AvgIpc) is 3.94. The minimum absolute atomic E-state index is 0.00176. The smallest absolute Gasteiger partial charge is 0.246 e. The van der Waals surface area contributed by atoms with E-state index in [1.54, 1.807) is 41.9 Å². The molecule has 5 atom stereocenters. The summed E-state index contributed by atoms with van der Waals surface area (Å²) in [6, 6.07) is 15.1. The van der Waals surface area contributed by atoms with Gasteiger partial charge in [0.15, 0.2) is 5.82 Å². The van der Waals surface area contributed by atoms with Crippen LogP contribution >= 0.6 is 11.3 Å². The molecule has 3 aromatic heterocycles. The van der Waals surface area contributed by atoms with Crippen LogP contribution in [0.4, 0.5) is 17.5 Å². The zero-order chi connectivity index (χ0) is 48.7. The minimum Gasteiger partial charge on any atom is -0.507 e. The number of aromatic nitrogens is 5. The number of aliphatic hydroxyl groups excluding tert-OH is 1. The molecule has 0 saturated carbocycles. The van der Waals surface area contributed by atoms with Crippen LogP contribution in [0.2, 0.25) is 0 Å². The van der Waals surface area contributed by atoms with Gasteiger partial charge in [0, 0.05) is 75.6 Å². The molecule has 3 amide bonds. The van der Waals surface area contributed by atoms with Crippen LogP contribution in [0.3, 0.4) is 0 Å². The number of anilines is 3. The van der Waals surface area contributed by atoms with Crippen LogP contribution in [0.15, 0.2) is 72.5 Å². The molecule has 2 aliphatic rings. The number of thiazole rings is 1. The normalized spacial score (nSPS) is 18.8. The number of benzene rings is 2. The second kappa shape index (κ2) is 21.5. The van der Waals surface area contributed by atoms with Crippen LogP contribution < -0.4 is 26.2 Å². The van der Waals surface area contributed by atoms with Gasteiger partial charge in [-0.25, -0.2) is 15.0 Å². The second-order valence-corrected chi connectivity index (χ2v) is 19.6. The van der Waals surface area contributed by atoms with E-state index in [0.29, 0.717) is 54.8 Å². The molecule has 17 nitrogen and oxygen atoms in total. The van der Waals surface area contributed by atoms with Crippen molar-refractivity contribution < 1.29 is 24.6 Å². The number of hydrogen-bond donors (Lipinski definition) is 5.